The molecule has 2 rings (SSSR count). The van der Waals surface area contributed by atoms with Gasteiger partial charge in [-0.15, -0.1) is 0 Å². The molecule has 1 heterocycles. The third-order valence-corrected chi connectivity index (χ3v) is 4.70. The van der Waals surface area contributed by atoms with Crippen LogP contribution in [0.1, 0.15) is 30.4 Å². The number of carboxylic acid groups (broad SMARTS) is 1. The number of carbonyl (C=O) groups is 1. The molecule has 0 aliphatic carbocycles. The molecule has 0 radical (unpaired) electrons. The van der Waals surface area contributed by atoms with Gasteiger partial charge in [-0.2, -0.15) is 0 Å². The molecule has 1 aliphatic heterocycles. The molecule has 1 aromatic carbocycles. The van der Waals surface area contributed by atoms with E-state index in [1.54, 1.807) is 7.11 Å². The van der Waals surface area contributed by atoms with Crippen LogP contribution in [-0.2, 0) is 22.5 Å². The van der Waals surface area contributed by atoms with E-state index < -0.39 is 5.97 Å². The van der Waals surface area contributed by atoms with Crippen molar-refractivity contribution < 1.29 is 19.7 Å². The van der Waals surface area contributed by atoms with Crippen molar-refractivity contribution in [2.45, 2.75) is 32.2 Å². The molecule has 1 saturated heterocycles. The molecule has 1 fully saturated rings. The van der Waals surface area contributed by atoms with Crippen molar-refractivity contribution in [3.05, 3.63) is 35.4 Å². The highest BCUT2D eigenvalue weighted by Gasteiger charge is 2.34. The monoisotopic (exact) mass is 321 g/mol. The maximum absolute atomic E-state index is 10.7. The van der Waals surface area contributed by atoms with Crippen LogP contribution in [0.3, 0.4) is 0 Å². The molecule has 128 valence electrons. The van der Waals surface area contributed by atoms with Crippen LogP contribution in [0, 0.1) is 5.41 Å². The molecule has 0 unspecified atom stereocenters. The molecule has 0 amide bonds. The zero-order valence-electron chi connectivity index (χ0n) is 13.8. The minimum Gasteiger partial charge on any atom is -0.481 e. The lowest BCUT2D eigenvalue weighted by atomic mass is 9.78. The third-order valence-electron chi connectivity index (χ3n) is 4.70. The van der Waals surface area contributed by atoms with Crippen LogP contribution in [0.4, 0.5) is 0 Å². The minimum absolute atomic E-state index is 0.0580. The van der Waals surface area contributed by atoms with E-state index in [2.05, 4.69) is 4.90 Å². The van der Waals surface area contributed by atoms with Crippen LogP contribution in [0.15, 0.2) is 24.3 Å². The van der Waals surface area contributed by atoms with Crippen molar-refractivity contribution in [1.82, 2.24) is 4.90 Å². The van der Waals surface area contributed by atoms with Crippen molar-refractivity contribution in [1.29, 1.82) is 0 Å². The Morgan fingerprint density at radius 1 is 1.30 bits per heavy atom. The van der Waals surface area contributed by atoms with Gasteiger partial charge < -0.3 is 14.9 Å². The Hall–Kier alpha value is -1.43. The lowest BCUT2D eigenvalue weighted by molar-refractivity contribution is -0.136. The standard InChI is InChI=1S/C18H27NO4/c1-23-10-8-18(14-20)7-2-9-19(13-18)12-16-5-3-15(4-6-16)11-17(21)22/h3-6,20H,2,7-14H2,1H3,(H,21,22)/t18-/m1/s1. The van der Waals surface area contributed by atoms with Gasteiger partial charge in [-0.25, -0.2) is 0 Å². The minimum atomic E-state index is -0.806. The Morgan fingerprint density at radius 2 is 2.00 bits per heavy atom. The van der Waals surface area contributed by atoms with Crippen LogP contribution in [0.5, 0.6) is 0 Å². The lowest BCUT2D eigenvalue weighted by Gasteiger charge is -2.42. The lowest BCUT2D eigenvalue weighted by Crippen LogP contribution is -2.45. The van der Waals surface area contributed by atoms with Gasteiger partial charge in [0.1, 0.15) is 0 Å². The van der Waals surface area contributed by atoms with E-state index in [0.29, 0.717) is 6.61 Å². The first-order valence-corrected chi connectivity index (χ1v) is 8.19. The fourth-order valence-corrected chi connectivity index (χ4v) is 3.37. The number of likely N-dealkylation sites (tertiary alicyclic amines) is 1. The van der Waals surface area contributed by atoms with E-state index in [9.17, 15) is 9.90 Å². The van der Waals surface area contributed by atoms with Crippen LogP contribution >= 0.6 is 0 Å². The van der Waals surface area contributed by atoms with E-state index in [1.807, 2.05) is 24.3 Å². The molecule has 2 N–H and O–H groups in total. The number of carboxylic acids is 1. The number of aliphatic carboxylic acids is 1. The number of nitrogens with zero attached hydrogens (tertiary/aromatic N) is 1. The first kappa shape index (κ1) is 17.9. The van der Waals surface area contributed by atoms with Gasteiger partial charge >= 0.3 is 5.97 Å². The van der Waals surface area contributed by atoms with Gasteiger partial charge in [-0.05, 0) is 36.9 Å². The molecule has 5 nitrogen and oxygen atoms in total. The quantitative estimate of drug-likeness (QED) is 0.765. The number of rotatable bonds is 8. The Labute approximate surface area is 137 Å². The number of methoxy groups -OCH3 is 1. The predicted octanol–water partition coefficient (Wildman–Crippen LogP) is 1.92. The van der Waals surface area contributed by atoms with Gasteiger partial charge in [0, 0.05) is 32.2 Å². The average molecular weight is 321 g/mol. The van der Waals surface area contributed by atoms with Gasteiger partial charge in [0.05, 0.1) is 13.0 Å². The van der Waals surface area contributed by atoms with Crippen LogP contribution in [0.2, 0.25) is 0 Å². The SMILES string of the molecule is COCC[C@]1(CO)CCCN(Cc2ccc(CC(=O)O)cc2)C1. The van der Waals surface area contributed by atoms with Crippen molar-refractivity contribution >= 4 is 5.97 Å². The Kier molecular flexibility index (Phi) is 6.57. The molecule has 0 aromatic heterocycles. The first-order valence-electron chi connectivity index (χ1n) is 8.19. The summed E-state index contributed by atoms with van der Waals surface area (Å²) in [5, 5.41) is 18.6. The molecule has 1 aliphatic rings. The number of benzene rings is 1. The topological polar surface area (TPSA) is 70.0 Å². The number of aliphatic hydroxyl groups is 1. The van der Waals surface area contributed by atoms with E-state index in [0.717, 1.165) is 44.5 Å². The second kappa shape index (κ2) is 8.43. The van der Waals surface area contributed by atoms with Crippen LogP contribution < -0.4 is 0 Å². The molecule has 1 aromatic rings. The molecule has 5 heteroatoms. The molecular formula is C18H27NO4. The summed E-state index contributed by atoms with van der Waals surface area (Å²) in [5.41, 5.74) is 1.95. The van der Waals surface area contributed by atoms with E-state index in [1.165, 1.54) is 5.56 Å². The smallest absolute Gasteiger partial charge is 0.307 e. The molecule has 0 spiro atoms. The second-order valence-corrected chi connectivity index (χ2v) is 6.60. The average Bonchev–Trinajstić information content (AvgIpc) is 2.55. The third kappa shape index (κ3) is 5.30. The maximum atomic E-state index is 10.7. The normalized spacial score (nSPS) is 22.2. The molecule has 0 saturated carbocycles. The molecular weight excluding hydrogens is 294 g/mol. The number of hydrogen-bond donors (Lipinski definition) is 2. The van der Waals surface area contributed by atoms with Gasteiger partial charge in [-0.1, -0.05) is 24.3 Å². The summed E-state index contributed by atoms with van der Waals surface area (Å²) < 4.78 is 5.19. The Morgan fingerprint density at radius 3 is 2.61 bits per heavy atom. The number of ether oxygens (including phenoxy) is 1. The second-order valence-electron chi connectivity index (χ2n) is 6.60. The number of piperidine rings is 1. The zero-order valence-corrected chi connectivity index (χ0v) is 13.8. The van der Waals surface area contributed by atoms with Crippen molar-refractivity contribution in [3.63, 3.8) is 0 Å². The summed E-state index contributed by atoms with van der Waals surface area (Å²) in [7, 11) is 1.70. The fraction of sp³-hybridized carbons (Fsp3) is 0.611. The summed E-state index contributed by atoms with van der Waals surface area (Å²) in [6, 6.07) is 7.78. The molecule has 23 heavy (non-hydrogen) atoms. The van der Waals surface area contributed by atoms with Crippen LogP contribution in [0.25, 0.3) is 0 Å². The summed E-state index contributed by atoms with van der Waals surface area (Å²) >= 11 is 0. The predicted molar refractivity (Wildman–Crippen MR) is 88.3 cm³/mol. The molecule has 0 bridgehead atoms. The van der Waals surface area contributed by atoms with Crippen molar-refractivity contribution in [2.24, 2.45) is 5.41 Å². The Balaban J connectivity index is 1.95. The number of aliphatic hydroxyl groups excluding tert-OH is 1. The largest absolute Gasteiger partial charge is 0.481 e. The van der Waals surface area contributed by atoms with Crippen molar-refractivity contribution in [2.75, 3.05) is 33.4 Å². The van der Waals surface area contributed by atoms with Gasteiger partial charge in [0.25, 0.3) is 0 Å². The van der Waals surface area contributed by atoms with E-state index in [4.69, 9.17) is 9.84 Å². The van der Waals surface area contributed by atoms with Gasteiger partial charge in [0.15, 0.2) is 0 Å². The number of hydrogen-bond acceptors (Lipinski definition) is 4. The first-order chi connectivity index (χ1) is 11.1. The summed E-state index contributed by atoms with van der Waals surface area (Å²) in [6.07, 6.45) is 3.07. The van der Waals surface area contributed by atoms with Gasteiger partial charge in [0.2, 0.25) is 0 Å². The Bertz CT molecular complexity index is 502. The fourth-order valence-electron chi connectivity index (χ4n) is 3.37. The van der Waals surface area contributed by atoms with E-state index >= 15 is 0 Å². The highest BCUT2D eigenvalue weighted by molar-refractivity contribution is 5.70. The zero-order chi connectivity index (χ0) is 16.7. The van der Waals surface area contributed by atoms with Gasteiger partial charge in [-0.3, -0.25) is 9.69 Å². The summed E-state index contributed by atoms with van der Waals surface area (Å²) in [5.74, 6) is -0.806. The van der Waals surface area contributed by atoms with Crippen molar-refractivity contribution in [3.8, 4) is 0 Å². The van der Waals surface area contributed by atoms with Crippen LogP contribution in [-0.4, -0.2) is 54.5 Å². The maximum Gasteiger partial charge on any atom is 0.307 e. The summed E-state index contributed by atoms with van der Waals surface area (Å²) in [6.45, 7) is 3.63. The van der Waals surface area contributed by atoms with E-state index in [-0.39, 0.29) is 18.4 Å². The molecule has 1 atom stereocenters. The summed E-state index contributed by atoms with van der Waals surface area (Å²) in [4.78, 5) is 13.1. The highest BCUT2D eigenvalue weighted by atomic mass is 16.5. The highest BCUT2D eigenvalue weighted by Crippen LogP contribution is 2.33.